The van der Waals surface area contributed by atoms with E-state index in [0.29, 0.717) is 17.9 Å². The van der Waals surface area contributed by atoms with Crippen LogP contribution in [0.3, 0.4) is 0 Å². The zero-order valence-corrected chi connectivity index (χ0v) is 21.5. The second-order valence-electron chi connectivity index (χ2n) is 8.45. The number of benzene rings is 3. The molecule has 1 aliphatic rings. The molecule has 1 heterocycles. The number of methoxy groups -OCH3 is 1. The Kier molecular flexibility index (Phi) is 9.62. The molecule has 7 nitrogen and oxygen atoms in total. The number of carbonyl (C=O) groups excluding carboxylic acids is 1. The van der Waals surface area contributed by atoms with E-state index in [-0.39, 0.29) is 25.4 Å². The quantitative estimate of drug-likeness (QED) is 0.241. The summed E-state index contributed by atoms with van der Waals surface area (Å²) in [6, 6.07) is 23.0. The first kappa shape index (κ1) is 26.8. The second-order valence-corrected chi connectivity index (χ2v) is 9.51. The molecule has 0 aromatic heterocycles. The summed E-state index contributed by atoms with van der Waals surface area (Å²) in [6.07, 6.45) is 0.675. The van der Waals surface area contributed by atoms with Crippen LogP contribution in [0.4, 0.5) is 10.5 Å². The predicted molar refractivity (Wildman–Crippen MR) is 144 cm³/mol. The Morgan fingerprint density at radius 1 is 1.11 bits per heavy atom. The third-order valence-electron chi connectivity index (χ3n) is 5.85. The maximum Gasteiger partial charge on any atom is 0.411 e. The highest BCUT2D eigenvalue weighted by molar-refractivity contribution is 7.99. The number of para-hydroxylation sites is 1. The van der Waals surface area contributed by atoms with Crippen molar-refractivity contribution in [3.05, 3.63) is 102 Å². The van der Waals surface area contributed by atoms with Crippen molar-refractivity contribution in [1.29, 1.82) is 0 Å². The lowest BCUT2D eigenvalue weighted by Crippen LogP contribution is -2.31. The first-order chi connectivity index (χ1) is 18.1. The zero-order chi connectivity index (χ0) is 26.0. The molecule has 1 amide bonds. The minimum Gasteiger partial charge on any atom is -0.496 e. The molecule has 3 atom stereocenters. The van der Waals surface area contributed by atoms with Gasteiger partial charge in [-0.1, -0.05) is 61.2 Å². The normalized spacial score (nSPS) is 19.1. The van der Waals surface area contributed by atoms with Crippen molar-refractivity contribution in [2.24, 2.45) is 0 Å². The van der Waals surface area contributed by atoms with Gasteiger partial charge in [0.15, 0.2) is 6.29 Å². The number of thioether (sulfide) groups is 1. The predicted octanol–water partition coefficient (Wildman–Crippen LogP) is 6.26. The number of aliphatic hydroxyl groups is 1. The van der Waals surface area contributed by atoms with E-state index >= 15 is 0 Å². The van der Waals surface area contributed by atoms with Crippen LogP contribution in [0.25, 0.3) is 0 Å². The number of hydrogen-bond donors (Lipinski definition) is 2. The van der Waals surface area contributed by atoms with E-state index in [0.717, 1.165) is 27.3 Å². The topological polar surface area (TPSA) is 86.3 Å². The van der Waals surface area contributed by atoms with Crippen molar-refractivity contribution in [3.8, 4) is 5.75 Å². The van der Waals surface area contributed by atoms with Gasteiger partial charge in [-0.3, -0.25) is 5.32 Å². The van der Waals surface area contributed by atoms with E-state index in [1.807, 2.05) is 66.7 Å². The monoisotopic (exact) mass is 521 g/mol. The maximum absolute atomic E-state index is 12.0. The van der Waals surface area contributed by atoms with Crippen LogP contribution in [0.5, 0.6) is 5.75 Å². The third kappa shape index (κ3) is 7.36. The highest BCUT2D eigenvalue weighted by Crippen LogP contribution is 2.40. The summed E-state index contributed by atoms with van der Waals surface area (Å²) >= 11 is 1.68. The molecule has 0 spiro atoms. The largest absolute Gasteiger partial charge is 0.496 e. The number of anilines is 1. The molecule has 0 unspecified atom stereocenters. The Bertz CT molecular complexity index is 1190. The van der Waals surface area contributed by atoms with Crippen LogP contribution >= 0.6 is 11.8 Å². The van der Waals surface area contributed by atoms with E-state index in [9.17, 15) is 9.90 Å². The van der Waals surface area contributed by atoms with Crippen molar-refractivity contribution >= 4 is 23.5 Å². The van der Waals surface area contributed by atoms with Crippen LogP contribution in [0.15, 0.2) is 90.3 Å². The molecule has 0 aliphatic carbocycles. The minimum atomic E-state index is -0.634. The van der Waals surface area contributed by atoms with Gasteiger partial charge in [0.1, 0.15) is 12.4 Å². The number of rotatable bonds is 10. The van der Waals surface area contributed by atoms with Gasteiger partial charge >= 0.3 is 6.09 Å². The highest BCUT2D eigenvalue weighted by atomic mass is 32.2. The maximum atomic E-state index is 12.0. The number of amides is 1. The van der Waals surface area contributed by atoms with Gasteiger partial charge in [0.25, 0.3) is 0 Å². The number of ether oxygens (including phenoxy) is 4. The molecule has 1 saturated heterocycles. The summed E-state index contributed by atoms with van der Waals surface area (Å²) in [6.45, 7) is 3.67. The summed E-state index contributed by atoms with van der Waals surface area (Å²) in [5, 5.41) is 12.1. The van der Waals surface area contributed by atoms with E-state index < -0.39 is 12.4 Å². The summed E-state index contributed by atoms with van der Waals surface area (Å²) < 4.78 is 23.3. The van der Waals surface area contributed by atoms with Crippen molar-refractivity contribution in [2.45, 2.75) is 36.4 Å². The highest BCUT2D eigenvalue weighted by Gasteiger charge is 2.32. The molecule has 0 saturated carbocycles. The molecule has 1 aliphatic heterocycles. The molecular formula is C29H31NO6S. The van der Waals surface area contributed by atoms with E-state index in [1.165, 1.54) is 6.08 Å². The van der Waals surface area contributed by atoms with Gasteiger partial charge in [-0.05, 0) is 35.4 Å². The van der Waals surface area contributed by atoms with Gasteiger partial charge in [-0.15, -0.1) is 11.8 Å². The third-order valence-corrected chi connectivity index (χ3v) is 7.03. The Morgan fingerprint density at radius 3 is 2.68 bits per heavy atom. The van der Waals surface area contributed by atoms with Crippen molar-refractivity contribution < 1.29 is 28.8 Å². The molecular weight excluding hydrogens is 490 g/mol. The van der Waals surface area contributed by atoms with E-state index in [1.54, 1.807) is 24.9 Å². The van der Waals surface area contributed by atoms with Crippen LogP contribution in [-0.2, 0) is 20.8 Å². The first-order valence-corrected chi connectivity index (χ1v) is 13.0. The number of nitrogens with one attached hydrogen (secondary N) is 1. The molecule has 1 fully saturated rings. The molecule has 3 aromatic rings. The van der Waals surface area contributed by atoms with Crippen LogP contribution in [0.2, 0.25) is 0 Å². The van der Waals surface area contributed by atoms with Gasteiger partial charge in [0.2, 0.25) is 0 Å². The Labute approximate surface area is 221 Å². The van der Waals surface area contributed by atoms with Crippen LogP contribution in [0, 0.1) is 0 Å². The fourth-order valence-electron chi connectivity index (χ4n) is 4.00. The lowest BCUT2D eigenvalue weighted by molar-refractivity contribution is -0.245. The number of aliphatic hydroxyl groups excluding tert-OH is 1. The summed E-state index contributed by atoms with van der Waals surface area (Å²) in [5.74, 6) is 1.53. The van der Waals surface area contributed by atoms with E-state index in [2.05, 4.69) is 11.9 Å². The average molecular weight is 522 g/mol. The standard InChI is InChI=1S/C29H31NO6S/c1-3-15-34-29(32)30-23-8-6-7-22(16-23)28-35-24(19-37-27-10-5-4-9-25(27)33-2)17-26(36-28)21-13-11-20(18-31)12-14-21/h3-14,16,24,26,28,31H,1,15,17-19H2,2H3,(H,30,32)/t24-,26+,28+/m0/s1. The number of hydrogen-bond acceptors (Lipinski definition) is 7. The van der Waals surface area contributed by atoms with Gasteiger partial charge in [0.05, 0.1) is 25.9 Å². The average Bonchev–Trinajstić information content (AvgIpc) is 2.95. The Hall–Kier alpha value is -3.30. The molecule has 37 heavy (non-hydrogen) atoms. The fourth-order valence-corrected chi connectivity index (χ4v) is 5.04. The van der Waals surface area contributed by atoms with Crippen molar-refractivity contribution in [3.63, 3.8) is 0 Å². The van der Waals surface area contributed by atoms with Gasteiger partial charge < -0.3 is 24.1 Å². The molecule has 8 heteroatoms. The molecule has 194 valence electrons. The van der Waals surface area contributed by atoms with Crippen LogP contribution in [-0.4, -0.2) is 36.8 Å². The van der Waals surface area contributed by atoms with Gasteiger partial charge in [-0.25, -0.2) is 4.79 Å². The number of carbonyl (C=O) groups is 1. The zero-order valence-electron chi connectivity index (χ0n) is 20.7. The fraction of sp³-hybridized carbons (Fsp3) is 0.276. The molecule has 0 radical (unpaired) electrons. The lowest BCUT2D eigenvalue weighted by atomic mass is 10.0. The smallest absolute Gasteiger partial charge is 0.411 e. The van der Waals surface area contributed by atoms with Gasteiger partial charge in [-0.2, -0.15) is 0 Å². The van der Waals surface area contributed by atoms with Crippen molar-refractivity contribution in [2.75, 3.05) is 24.8 Å². The summed E-state index contributed by atoms with van der Waals surface area (Å²) in [5.41, 5.74) is 3.22. The Balaban J connectivity index is 1.53. The van der Waals surface area contributed by atoms with E-state index in [4.69, 9.17) is 18.9 Å². The molecule has 3 aromatic carbocycles. The molecule has 0 bridgehead atoms. The summed E-state index contributed by atoms with van der Waals surface area (Å²) in [4.78, 5) is 13.0. The van der Waals surface area contributed by atoms with Crippen molar-refractivity contribution in [1.82, 2.24) is 0 Å². The molecule has 2 N–H and O–H groups in total. The van der Waals surface area contributed by atoms with Crippen LogP contribution < -0.4 is 10.1 Å². The lowest BCUT2D eigenvalue weighted by Gasteiger charge is -2.36. The Morgan fingerprint density at radius 2 is 1.92 bits per heavy atom. The summed E-state index contributed by atoms with van der Waals surface area (Å²) in [7, 11) is 1.67. The van der Waals surface area contributed by atoms with Gasteiger partial charge in [0, 0.05) is 28.3 Å². The van der Waals surface area contributed by atoms with Crippen LogP contribution in [0.1, 0.15) is 35.5 Å². The first-order valence-electron chi connectivity index (χ1n) is 12.0. The SMILES string of the molecule is C=CCOC(=O)Nc1cccc([C@@H]2O[C@H](CSc3ccccc3OC)C[C@H](c3ccc(CO)cc3)O2)c1. The molecule has 4 rings (SSSR count). The minimum absolute atomic E-state index is 0.00919. The second kappa shape index (κ2) is 13.3.